The normalized spacial score (nSPS) is 12.6. The second-order valence-electron chi connectivity index (χ2n) is 3.37. The van der Waals surface area contributed by atoms with Crippen LogP contribution >= 0.6 is 0 Å². The van der Waals surface area contributed by atoms with Crippen LogP contribution in [0.25, 0.3) is 0 Å². The van der Waals surface area contributed by atoms with Crippen LogP contribution in [0, 0.1) is 6.92 Å². The molecule has 0 aromatic carbocycles. The molecule has 0 radical (unpaired) electrons. The Morgan fingerprint density at radius 2 is 2.18 bits per heavy atom. The van der Waals surface area contributed by atoms with Crippen LogP contribution in [0.2, 0.25) is 0 Å². The van der Waals surface area contributed by atoms with Crippen LogP contribution in [0.4, 0.5) is 14.6 Å². The zero-order valence-corrected chi connectivity index (χ0v) is 9.65. The molecular formula is C10H15F2N3O2. The van der Waals surface area contributed by atoms with E-state index in [4.69, 9.17) is 9.84 Å². The number of alkyl halides is 2. The van der Waals surface area contributed by atoms with Crippen LogP contribution in [-0.2, 0) is 0 Å². The minimum Gasteiger partial charge on any atom is -0.478 e. The van der Waals surface area contributed by atoms with Crippen LogP contribution in [0.15, 0.2) is 6.33 Å². The fraction of sp³-hybridized carbons (Fsp3) is 0.600. The van der Waals surface area contributed by atoms with E-state index >= 15 is 0 Å². The van der Waals surface area contributed by atoms with E-state index in [0.717, 1.165) is 0 Å². The largest absolute Gasteiger partial charge is 0.478 e. The Bertz CT molecular complexity index is 363. The Morgan fingerprint density at radius 1 is 1.47 bits per heavy atom. The number of hydrogen-bond donors (Lipinski definition) is 2. The molecular weight excluding hydrogens is 232 g/mol. The van der Waals surface area contributed by atoms with Crippen molar-refractivity contribution < 1.29 is 18.6 Å². The highest BCUT2D eigenvalue weighted by molar-refractivity contribution is 5.47. The highest BCUT2D eigenvalue weighted by Gasteiger charge is 2.17. The monoisotopic (exact) mass is 247 g/mol. The fourth-order valence-electron chi connectivity index (χ4n) is 1.18. The Balaban J connectivity index is 2.68. The van der Waals surface area contributed by atoms with Crippen molar-refractivity contribution in [1.29, 1.82) is 0 Å². The average molecular weight is 247 g/mol. The van der Waals surface area contributed by atoms with Crippen molar-refractivity contribution in [3.05, 3.63) is 11.9 Å². The molecule has 17 heavy (non-hydrogen) atoms. The summed E-state index contributed by atoms with van der Waals surface area (Å²) in [5, 5.41) is 11.6. The van der Waals surface area contributed by atoms with Gasteiger partial charge in [0.2, 0.25) is 5.88 Å². The third-order valence-corrected chi connectivity index (χ3v) is 2.09. The van der Waals surface area contributed by atoms with E-state index in [0.29, 0.717) is 23.9 Å². The number of ether oxygens (including phenoxy) is 1. The molecule has 1 aromatic heterocycles. The van der Waals surface area contributed by atoms with Crippen LogP contribution < -0.4 is 10.1 Å². The van der Waals surface area contributed by atoms with Gasteiger partial charge in [0.15, 0.2) is 0 Å². The highest BCUT2D eigenvalue weighted by Crippen LogP contribution is 2.20. The molecule has 7 heteroatoms. The van der Waals surface area contributed by atoms with Crippen molar-refractivity contribution in [3.63, 3.8) is 0 Å². The minimum absolute atomic E-state index is 0.277. The smallest absolute Gasteiger partial charge is 0.265 e. The lowest BCUT2D eigenvalue weighted by Gasteiger charge is -2.14. The van der Waals surface area contributed by atoms with Gasteiger partial charge in [0.1, 0.15) is 18.2 Å². The van der Waals surface area contributed by atoms with Gasteiger partial charge in [0.25, 0.3) is 6.43 Å². The molecule has 0 spiro atoms. The maximum Gasteiger partial charge on any atom is 0.265 e. The number of anilines is 1. The van der Waals surface area contributed by atoms with E-state index in [1.165, 1.54) is 6.33 Å². The van der Waals surface area contributed by atoms with E-state index in [2.05, 4.69) is 15.3 Å². The molecule has 0 aliphatic heterocycles. The molecule has 0 bridgehead atoms. The van der Waals surface area contributed by atoms with Gasteiger partial charge < -0.3 is 15.2 Å². The third-order valence-electron chi connectivity index (χ3n) is 2.09. The van der Waals surface area contributed by atoms with Gasteiger partial charge in [-0.25, -0.2) is 18.7 Å². The van der Waals surface area contributed by atoms with Crippen LogP contribution in [-0.4, -0.2) is 40.8 Å². The molecule has 1 rings (SSSR count). The first kappa shape index (κ1) is 13.6. The SMILES string of the molecule is CCOc1ncnc(NCC(O)C(F)F)c1C. The van der Waals surface area contributed by atoms with Gasteiger partial charge in [-0.15, -0.1) is 0 Å². The number of hydrogen-bond acceptors (Lipinski definition) is 5. The van der Waals surface area contributed by atoms with Gasteiger partial charge in [-0.2, -0.15) is 0 Å². The first-order valence-corrected chi connectivity index (χ1v) is 5.20. The van der Waals surface area contributed by atoms with E-state index in [9.17, 15) is 8.78 Å². The maximum absolute atomic E-state index is 12.1. The second-order valence-corrected chi connectivity index (χ2v) is 3.37. The Labute approximate surface area is 97.8 Å². The Morgan fingerprint density at radius 3 is 2.76 bits per heavy atom. The molecule has 5 nitrogen and oxygen atoms in total. The molecule has 0 aliphatic carbocycles. The Kier molecular flexibility index (Phi) is 5.02. The summed E-state index contributed by atoms with van der Waals surface area (Å²) >= 11 is 0. The zero-order valence-electron chi connectivity index (χ0n) is 9.65. The molecule has 0 saturated heterocycles. The first-order chi connectivity index (χ1) is 8.06. The standard InChI is InChI=1S/C10H15F2N3O2/c1-3-17-10-6(2)9(14-5-15-10)13-4-7(16)8(11)12/h5,7-8,16H,3-4H2,1-2H3,(H,13,14,15). The van der Waals surface area contributed by atoms with Crippen molar-refractivity contribution in [2.24, 2.45) is 0 Å². The van der Waals surface area contributed by atoms with Crippen LogP contribution in [0.3, 0.4) is 0 Å². The molecule has 1 unspecified atom stereocenters. The van der Waals surface area contributed by atoms with E-state index in [1.54, 1.807) is 6.92 Å². The predicted molar refractivity (Wildman–Crippen MR) is 58.4 cm³/mol. The number of rotatable bonds is 6. The molecule has 0 aliphatic rings. The maximum atomic E-state index is 12.1. The zero-order chi connectivity index (χ0) is 12.8. The molecule has 0 saturated carbocycles. The lowest BCUT2D eigenvalue weighted by Crippen LogP contribution is -2.27. The highest BCUT2D eigenvalue weighted by atomic mass is 19.3. The van der Waals surface area contributed by atoms with Gasteiger partial charge in [0.05, 0.1) is 12.2 Å². The lowest BCUT2D eigenvalue weighted by atomic mass is 10.3. The summed E-state index contributed by atoms with van der Waals surface area (Å²) in [7, 11) is 0. The van der Waals surface area contributed by atoms with Crippen molar-refractivity contribution in [3.8, 4) is 5.88 Å². The summed E-state index contributed by atoms with van der Waals surface area (Å²) < 4.78 is 29.4. The van der Waals surface area contributed by atoms with E-state index < -0.39 is 12.5 Å². The summed E-state index contributed by atoms with van der Waals surface area (Å²) in [5.74, 6) is 0.777. The predicted octanol–water partition coefficient (Wildman–Crippen LogP) is 1.22. The summed E-state index contributed by atoms with van der Waals surface area (Å²) in [6, 6.07) is 0. The third kappa shape index (κ3) is 3.77. The average Bonchev–Trinajstić information content (AvgIpc) is 2.30. The van der Waals surface area contributed by atoms with E-state index in [1.807, 2.05) is 6.92 Å². The number of halogens is 2. The molecule has 0 fully saturated rings. The van der Waals surface area contributed by atoms with Gasteiger partial charge in [0, 0.05) is 6.54 Å². The fourth-order valence-corrected chi connectivity index (χ4v) is 1.18. The van der Waals surface area contributed by atoms with Gasteiger partial charge in [-0.3, -0.25) is 0 Å². The summed E-state index contributed by atoms with van der Waals surface area (Å²) in [6.07, 6.45) is -3.23. The van der Waals surface area contributed by atoms with Gasteiger partial charge in [-0.05, 0) is 13.8 Å². The molecule has 2 N–H and O–H groups in total. The van der Waals surface area contributed by atoms with Crippen molar-refractivity contribution >= 4 is 5.82 Å². The number of aromatic nitrogens is 2. The van der Waals surface area contributed by atoms with Gasteiger partial charge >= 0.3 is 0 Å². The minimum atomic E-state index is -2.78. The second kappa shape index (κ2) is 6.29. The molecule has 1 aromatic rings. The van der Waals surface area contributed by atoms with E-state index in [-0.39, 0.29) is 6.54 Å². The topological polar surface area (TPSA) is 67.3 Å². The molecule has 1 heterocycles. The van der Waals surface area contributed by atoms with Gasteiger partial charge in [-0.1, -0.05) is 0 Å². The molecule has 0 amide bonds. The summed E-state index contributed by atoms with van der Waals surface area (Å²) in [4.78, 5) is 7.80. The first-order valence-electron chi connectivity index (χ1n) is 5.20. The summed E-state index contributed by atoms with van der Waals surface area (Å²) in [6.45, 7) is 3.70. The number of aliphatic hydroxyl groups is 1. The van der Waals surface area contributed by atoms with Crippen LogP contribution in [0.1, 0.15) is 12.5 Å². The molecule has 1 atom stereocenters. The van der Waals surface area contributed by atoms with Crippen molar-refractivity contribution in [2.45, 2.75) is 26.4 Å². The number of nitrogens with one attached hydrogen (secondary N) is 1. The number of nitrogens with zero attached hydrogens (tertiary/aromatic N) is 2. The Hall–Kier alpha value is -1.50. The van der Waals surface area contributed by atoms with Crippen LogP contribution in [0.5, 0.6) is 5.88 Å². The lowest BCUT2D eigenvalue weighted by molar-refractivity contribution is 0.00380. The number of aliphatic hydroxyl groups excluding tert-OH is 1. The van der Waals surface area contributed by atoms with Crippen molar-refractivity contribution in [1.82, 2.24) is 9.97 Å². The molecule has 96 valence electrons. The summed E-state index contributed by atoms with van der Waals surface area (Å²) in [5.41, 5.74) is 0.621. The van der Waals surface area contributed by atoms with Crippen molar-refractivity contribution in [2.75, 3.05) is 18.5 Å². The quantitative estimate of drug-likeness (QED) is 0.791.